The molecule has 3 aromatic carbocycles. The predicted octanol–water partition coefficient (Wildman–Crippen LogP) is 5.28. The number of anilines is 1. The van der Waals surface area contributed by atoms with Crippen LogP contribution in [0.25, 0.3) is 0 Å². The summed E-state index contributed by atoms with van der Waals surface area (Å²) in [6.07, 6.45) is 0. The topological polar surface area (TPSA) is 96.0 Å². The molecule has 0 heterocycles. The van der Waals surface area contributed by atoms with E-state index in [-0.39, 0.29) is 22.2 Å². The molecule has 0 fully saturated rings. The Morgan fingerprint density at radius 3 is 2.20 bits per heavy atom. The van der Waals surface area contributed by atoms with E-state index in [0.717, 1.165) is 16.4 Å². The third kappa shape index (κ3) is 7.65. The van der Waals surface area contributed by atoms with Gasteiger partial charge in [0.2, 0.25) is 11.8 Å². The van der Waals surface area contributed by atoms with Gasteiger partial charge in [0.15, 0.2) is 0 Å². The number of halogens is 3. The highest BCUT2D eigenvalue weighted by Gasteiger charge is 2.32. The maximum atomic E-state index is 13.8. The lowest BCUT2D eigenvalue weighted by Crippen LogP contribution is -2.51. The first-order valence-electron chi connectivity index (χ1n) is 12.5. The number of ether oxygens (including phenoxy) is 1. The van der Waals surface area contributed by atoms with E-state index in [1.807, 2.05) is 0 Å². The molecule has 0 aliphatic carbocycles. The Balaban J connectivity index is 2.02. The molecule has 1 atom stereocenters. The van der Waals surface area contributed by atoms with Crippen molar-refractivity contribution in [3.05, 3.63) is 88.2 Å². The molecule has 12 heteroatoms. The van der Waals surface area contributed by atoms with Gasteiger partial charge in [0.05, 0.1) is 27.2 Å². The SMILES string of the molecule is CCNC(=O)C(C)N(Cc1ccc(Cl)c(Cl)c1)C(=O)CN(c1ccc(F)cc1)S(=O)(=O)c1ccc(OCC)cc1. The van der Waals surface area contributed by atoms with Crippen molar-refractivity contribution < 1.29 is 27.1 Å². The van der Waals surface area contributed by atoms with E-state index in [0.29, 0.717) is 29.5 Å². The van der Waals surface area contributed by atoms with E-state index in [2.05, 4.69) is 5.32 Å². The van der Waals surface area contributed by atoms with Crippen LogP contribution in [0.15, 0.2) is 71.6 Å². The Labute approximate surface area is 243 Å². The van der Waals surface area contributed by atoms with Gasteiger partial charge >= 0.3 is 0 Å². The molecule has 1 unspecified atom stereocenters. The lowest BCUT2D eigenvalue weighted by molar-refractivity contribution is -0.139. The number of benzene rings is 3. The summed E-state index contributed by atoms with van der Waals surface area (Å²) in [6, 6.07) is 14.3. The van der Waals surface area contributed by atoms with Gasteiger partial charge in [-0.1, -0.05) is 29.3 Å². The maximum absolute atomic E-state index is 13.8. The Morgan fingerprint density at radius 2 is 1.62 bits per heavy atom. The van der Waals surface area contributed by atoms with E-state index in [9.17, 15) is 22.4 Å². The van der Waals surface area contributed by atoms with Crippen LogP contribution in [0.4, 0.5) is 10.1 Å². The smallest absolute Gasteiger partial charge is 0.264 e. The summed E-state index contributed by atoms with van der Waals surface area (Å²) in [5.74, 6) is -1.17. The molecular weight excluding hydrogens is 580 g/mol. The quantitative estimate of drug-likeness (QED) is 0.301. The van der Waals surface area contributed by atoms with Gasteiger partial charge in [-0.2, -0.15) is 0 Å². The number of sulfonamides is 1. The zero-order chi connectivity index (χ0) is 29.4. The number of nitrogens with zero attached hydrogens (tertiary/aromatic N) is 2. The normalized spacial score (nSPS) is 11.9. The molecule has 1 N–H and O–H groups in total. The Hall–Kier alpha value is -3.34. The lowest BCUT2D eigenvalue weighted by atomic mass is 10.1. The number of nitrogens with one attached hydrogen (secondary N) is 1. The summed E-state index contributed by atoms with van der Waals surface area (Å²) >= 11 is 12.2. The largest absolute Gasteiger partial charge is 0.494 e. The summed E-state index contributed by atoms with van der Waals surface area (Å²) in [6.45, 7) is 5.13. The highest BCUT2D eigenvalue weighted by molar-refractivity contribution is 7.92. The van der Waals surface area contributed by atoms with E-state index >= 15 is 0 Å². The number of amides is 2. The fourth-order valence-electron chi connectivity index (χ4n) is 3.88. The number of carbonyl (C=O) groups is 2. The summed E-state index contributed by atoms with van der Waals surface area (Å²) < 4.78 is 47.6. The van der Waals surface area contributed by atoms with Gasteiger partial charge in [0.25, 0.3) is 10.0 Å². The zero-order valence-electron chi connectivity index (χ0n) is 22.2. The summed E-state index contributed by atoms with van der Waals surface area (Å²) in [4.78, 5) is 27.7. The minimum Gasteiger partial charge on any atom is -0.494 e. The van der Waals surface area contributed by atoms with Gasteiger partial charge in [-0.25, -0.2) is 12.8 Å². The van der Waals surface area contributed by atoms with Crippen LogP contribution >= 0.6 is 23.2 Å². The number of hydrogen-bond acceptors (Lipinski definition) is 5. The first-order valence-corrected chi connectivity index (χ1v) is 14.7. The minimum absolute atomic E-state index is 0.0472. The molecule has 8 nitrogen and oxygen atoms in total. The first-order chi connectivity index (χ1) is 19.0. The molecule has 0 aliphatic heterocycles. The van der Waals surface area contributed by atoms with Crippen molar-refractivity contribution in [1.29, 1.82) is 0 Å². The molecule has 0 saturated heterocycles. The van der Waals surface area contributed by atoms with Crippen molar-refractivity contribution in [2.45, 2.75) is 38.3 Å². The fourth-order valence-corrected chi connectivity index (χ4v) is 5.61. The molecule has 0 saturated carbocycles. The van der Waals surface area contributed by atoms with Crippen LogP contribution in [0.5, 0.6) is 5.75 Å². The van der Waals surface area contributed by atoms with Gasteiger partial charge in [-0.05, 0) is 87.0 Å². The zero-order valence-corrected chi connectivity index (χ0v) is 24.6. The first kappa shape index (κ1) is 31.2. The van der Waals surface area contributed by atoms with E-state index in [1.54, 1.807) is 39.0 Å². The van der Waals surface area contributed by atoms with Gasteiger partial charge in [-0.3, -0.25) is 13.9 Å². The molecule has 0 bridgehead atoms. The maximum Gasteiger partial charge on any atom is 0.264 e. The van der Waals surface area contributed by atoms with Crippen LogP contribution in [-0.4, -0.2) is 50.9 Å². The summed E-state index contributed by atoms with van der Waals surface area (Å²) in [5, 5.41) is 3.27. The van der Waals surface area contributed by atoms with Gasteiger partial charge in [-0.15, -0.1) is 0 Å². The van der Waals surface area contributed by atoms with Gasteiger partial charge in [0.1, 0.15) is 24.2 Å². The van der Waals surface area contributed by atoms with Crippen LogP contribution < -0.4 is 14.4 Å². The molecule has 0 aromatic heterocycles. The van der Waals surface area contributed by atoms with E-state index < -0.39 is 40.2 Å². The average molecular weight is 611 g/mol. The summed E-state index contributed by atoms with van der Waals surface area (Å²) in [7, 11) is -4.30. The van der Waals surface area contributed by atoms with Crippen molar-refractivity contribution in [3.63, 3.8) is 0 Å². The molecule has 2 amide bonds. The highest BCUT2D eigenvalue weighted by Crippen LogP contribution is 2.27. The Kier molecular flexibility index (Phi) is 10.8. The molecule has 214 valence electrons. The van der Waals surface area contributed by atoms with Crippen LogP contribution in [0.3, 0.4) is 0 Å². The van der Waals surface area contributed by atoms with Crippen molar-refractivity contribution in [2.75, 3.05) is 24.0 Å². The second-order valence-corrected chi connectivity index (χ2v) is 11.4. The second kappa shape index (κ2) is 13.8. The van der Waals surface area contributed by atoms with Gasteiger partial charge < -0.3 is 15.0 Å². The lowest BCUT2D eigenvalue weighted by Gasteiger charge is -2.32. The third-order valence-corrected chi connectivity index (χ3v) is 8.50. The molecule has 0 aliphatic rings. The van der Waals surface area contributed by atoms with E-state index in [4.69, 9.17) is 27.9 Å². The van der Waals surface area contributed by atoms with Crippen molar-refractivity contribution in [3.8, 4) is 5.75 Å². The Bertz CT molecular complexity index is 1440. The van der Waals surface area contributed by atoms with E-state index in [1.165, 1.54) is 41.3 Å². The van der Waals surface area contributed by atoms with Crippen LogP contribution in [0.1, 0.15) is 26.3 Å². The highest BCUT2D eigenvalue weighted by atomic mass is 35.5. The standard InChI is InChI=1S/C28H30Cl2FN3O5S/c1-4-32-28(36)19(3)33(17-20-6-15-25(29)26(30)16-20)27(35)18-34(22-9-7-21(31)8-10-22)40(37,38)24-13-11-23(12-14-24)39-5-2/h6-16,19H,4-5,17-18H2,1-3H3,(H,32,36). The predicted molar refractivity (Wildman–Crippen MR) is 154 cm³/mol. The van der Waals surface area contributed by atoms with Crippen molar-refractivity contribution in [1.82, 2.24) is 10.2 Å². The number of hydrogen-bond donors (Lipinski definition) is 1. The Morgan fingerprint density at radius 1 is 0.975 bits per heavy atom. The third-order valence-electron chi connectivity index (χ3n) is 5.97. The van der Waals surface area contributed by atoms with Crippen LogP contribution in [0.2, 0.25) is 10.0 Å². The van der Waals surface area contributed by atoms with Crippen molar-refractivity contribution in [2.24, 2.45) is 0 Å². The van der Waals surface area contributed by atoms with Gasteiger partial charge in [0, 0.05) is 13.1 Å². The number of rotatable bonds is 12. The molecule has 3 aromatic rings. The molecular formula is C28H30Cl2FN3O5S. The minimum atomic E-state index is -4.30. The summed E-state index contributed by atoms with van der Waals surface area (Å²) in [5.41, 5.74) is 0.658. The monoisotopic (exact) mass is 609 g/mol. The van der Waals surface area contributed by atoms with Crippen LogP contribution in [-0.2, 0) is 26.2 Å². The fraction of sp³-hybridized carbons (Fsp3) is 0.286. The number of likely N-dealkylation sites (N-methyl/N-ethyl adjacent to an activating group) is 1. The second-order valence-electron chi connectivity index (χ2n) is 8.73. The average Bonchev–Trinajstić information content (AvgIpc) is 2.93. The molecule has 40 heavy (non-hydrogen) atoms. The van der Waals surface area contributed by atoms with Crippen molar-refractivity contribution >= 4 is 50.7 Å². The molecule has 0 spiro atoms. The number of carbonyl (C=O) groups excluding carboxylic acids is 2. The molecule has 0 radical (unpaired) electrons. The van der Waals surface area contributed by atoms with Crippen LogP contribution in [0, 0.1) is 5.82 Å². The molecule has 3 rings (SSSR count).